The number of rotatable bonds is 14. The average molecular weight is 583 g/mol. The average Bonchev–Trinajstić information content (AvgIpc) is 3.40. The maximum absolute atomic E-state index is 13.5. The summed E-state index contributed by atoms with van der Waals surface area (Å²) in [4.78, 5) is 26.2. The molecule has 0 amide bonds. The van der Waals surface area contributed by atoms with Crippen molar-refractivity contribution >= 4 is 7.60 Å². The molecule has 3 heterocycles. The lowest BCUT2D eigenvalue weighted by molar-refractivity contribution is -0.202. The van der Waals surface area contributed by atoms with Crippen LogP contribution in [0.2, 0.25) is 0 Å². The monoisotopic (exact) mass is 582 g/mol. The molecule has 2 aliphatic heterocycles. The summed E-state index contributed by atoms with van der Waals surface area (Å²) in [6.45, 7) is 8.32. The molecular weight excluding hydrogens is 543 g/mol. The molecule has 4 rings (SSSR count). The van der Waals surface area contributed by atoms with Gasteiger partial charge in [-0.25, -0.2) is 4.79 Å². The number of hydrogen-bond acceptors (Lipinski definition) is 10. The Hall–Kier alpha value is -2.31. The smallest absolute Gasteiger partial charge is 0.333 e. The van der Waals surface area contributed by atoms with Crippen molar-refractivity contribution in [1.29, 1.82) is 0 Å². The third kappa shape index (κ3) is 7.12. The normalized spacial score (nSPS) is 23.8. The van der Waals surface area contributed by atoms with Crippen LogP contribution in [-0.2, 0) is 39.1 Å². The largest absolute Gasteiger partial charge is 0.497 e. The van der Waals surface area contributed by atoms with E-state index in [4.69, 9.17) is 32.7 Å². The van der Waals surface area contributed by atoms with Gasteiger partial charge >= 0.3 is 13.3 Å². The molecule has 222 valence electrons. The fraction of sp³-hybridized carbons (Fsp3) is 0.630. The summed E-state index contributed by atoms with van der Waals surface area (Å²) in [6, 6.07) is 8.49. The van der Waals surface area contributed by atoms with Crippen molar-refractivity contribution in [3.63, 3.8) is 0 Å². The Kier molecular flexibility index (Phi) is 10.0. The molecule has 0 N–H and O–H groups in total. The topological polar surface area (TPSA) is 126 Å². The van der Waals surface area contributed by atoms with Crippen molar-refractivity contribution in [2.45, 2.75) is 71.0 Å². The van der Waals surface area contributed by atoms with E-state index in [9.17, 15) is 14.2 Å². The van der Waals surface area contributed by atoms with Crippen molar-refractivity contribution in [3.05, 3.63) is 62.9 Å². The van der Waals surface area contributed by atoms with Crippen molar-refractivity contribution in [1.82, 2.24) is 9.13 Å². The third-order valence-electron chi connectivity index (χ3n) is 6.65. The van der Waals surface area contributed by atoms with Gasteiger partial charge in [0.05, 0.1) is 39.6 Å². The molecule has 0 aliphatic carbocycles. The number of benzene rings is 1. The van der Waals surface area contributed by atoms with Crippen LogP contribution in [-0.4, -0.2) is 72.9 Å². The molecule has 2 saturated heterocycles. The quantitative estimate of drug-likeness (QED) is 0.242. The van der Waals surface area contributed by atoms with Crippen molar-refractivity contribution in [3.8, 4) is 5.75 Å². The molecule has 4 atom stereocenters. The van der Waals surface area contributed by atoms with Gasteiger partial charge in [0.15, 0.2) is 12.0 Å². The molecule has 13 heteroatoms. The van der Waals surface area contributed by atoms with Crippen LogP contribution in [0.25, 0.3) is 0 Å². The van der Waals surface area contributed by atoms with E-state index in [-0.39, 0.29) is 19.3 Å². The SMILES string of the molecule is CCOP(=O)(CCCOC[C@H]1O[C@@H](n2ccc(=O)n(Cc3ccc(OC)cc3)c2=O)[C@@H]2OC(C)(C)O[C@@H]21)OCC. The fourth-order valence-electron chi connectivity index (χ4n) is 4.92. The van der Waals surface area contributed by atoms with Gasteiger partial charge in [0.25, 0.3) is 5.56 Å². The van der Waals surface area contributed by atoms with Crippen LogP contribution in [0.5, 0.6) is 5.75 Å². The number of methoxy groups -OCH3 is 1. The minimum atomic E-state index is -3.14. The Bertz CT molecular complexity index is 1280. The zero-order chi connectivity index (χ0) is 28.9. The number of hydrogen-bond donors (Lipinski definition) is 0. The molecule has 2 aromatic rings. The van der Waals surface area contributed by atoms with E-state index in [1.807, 2.05) is 0 Å². The van der Waals surface area contributed by atoms with Crippen LogP contribution >= 0.6 is 7.60 Å². The minimum absolute atomic E-state index is 0.0893. The molecule has 1 aromatic heterocycles. The van der Waals surface area contributed by atoms with Gasteiger partial charge in [0.2, 0.25) is 0 Å². The minimum Gasteiger partial charge on any atom is -0.497 e. The van der Waals surface area contributed by atoms with Gasteiger partial charge in [-0.3, -0.25) is 18.5 Å². The summed E-state index contributed by atoms with van der Waals surface area (Å²) in [6.07, 6.45) is -0.306. The second kappa shape index (κ2) is 13.1. The summed E-state index contributed by atoms with van der Waals surface area (Å²) in [7, 11) is -1.57. The van der Waals surface area contributed by atoms with E-state index >= 15 is 0 Å². The first-order chi connectivity index (χ1) is 19.1. The van der Waals surface area contributed by atoms with Gasteiger partial charge in [-0.1, -0.05) is 12.1 Å². The van der Waals surface area contributed by atoms with Gasteiger partial charge in [-0.05, 0) is 51.8 Å². The van der Waals surface area contributed by atoms with Gasteiger partial charge < -0.3 is 32.7 Å². The first-order valence-electron chi connectivity index (χ1n) is 13.5. The van der Waals surface area contributed by atoms with Crippen LogP contribution < -0.4 is 16.0 Å². The zero-order valence-corrected chi connectivity index (χ0v) is 24.5. The Balaban J connectivity index is 1.46. The number of fused-ring (bicyclic) bond motifs is 1. The summed E-state index contributed by atoms with van der Waals surface area (Å²) in [5.41, 5.74) is -0.176. The predicted octanol–water partition coefficient (Wildman–Crippen LogP) is 3.16. The van der Waals surface area contributed by atoms with Crippen LogP contribution in [0.3, 0.4) is 0 Å². The first kappa shape index (κ1) is 30.6. The molecule has 2 aliphatic rings. The summed E-state index contributed by atoms with van der Waals surface area (Å²) >= 11 is 0. The predicted molar refractivity (Wildman–Crippen MR) is 146 cm³/mol. The summed E-state index contributed by atoms with van der Waals surface area (Å²) in [5.74, 6) is -0.211. The van der Waals surface area contributed by atoms with Crippen LogP contribution in [0, 0.1) is 0 Å². The Labute approximate surface area is 233 Å². The zero-order valence-electron chi connectivity index (χ0n) is 23.6. The second-order valence-electron chi connectivity index (χ2n) is 10.0. The van der Waals surface area contributed by atoms with Gasteiger partial charge in [-0.15, -0.1) is 0 Å². The Morgan fingerprint density at radius 3 is 2.33 bits per heavy atom. The van der Waals surface area contributed by atoms with E-state index in [1.165, 1.54) is 16.8 Å². The number of ether oxygens (including phenoxy) is 5. The van der Waals surface area contributed by atoms with E-state index in [2.05, 4.69) is 0 Å². The first-order valence-corrected chi connectivity index (χ1v) is 15.2. The molecule has 0 spiro atoms. The molecular formula is C27H39N2O10P. The van der Waals surface area contributed by atoms with Crippen LogP contribution in [0.15, 0.2) is 46.1 Å². The maximum atomic E-state index is 13.5. The summed E-state index contributed by atoms with van der Waals surface area (Å²) < 4.78 is 55.4. The standard InChI is InChI=1S/C27H39N2O10P/c1-6-35-40(32,36-7-2)16-8-15-34-18-21-23-24(39-27(3,4)38-23)25(37-21)28-14-13-22(30)29(26(28)31)17-19-9-11-20(33-5)12-10-19/h9-14,21,23-25H,6-8,15-18H2,1-5H3/t21-,23-,24-,25-/m1/s1. The summed E-state index contributed by atoms with van der Waals surface area (Å²) in [5, 5.41) is 0. The van der Waals surface area contributed by atoms with Gasteiger partial charge in [0, 0.05) is 18.9 Å². The molecule has 40 heavy (non-hydrogen) atoms. The lowest BCUT2D eigenvalue weighted by atomic mass is 10.1. The maximum Gasteiger partial charge on any atom is 0.333 e. The van der Waals surface area contributed by atoms with E-state index in [0.717, 1.165) is 10.1 Å². The van der Waals surface area contributed by atoms with Crippen LogP contribution in [0.4, 0.5) is 0 Å². The second-order valence-corrected chi connectivity index (χ2v) is 12.2. The molecule has 2 fully saturated rings. The molecule has 1 aromatic carbocycles. The molecule has 12 nitrogen and oxygen atoms in total. The highest BCUT2D eigenvalue weighted by Crippen LogP contribution is 2.48. The molecule has 0 unspecified atom stereocenters. The van der Waals surface area contributed by atoms with Gasteiger partial charge in [0.1, 0.15) is 24.1 Å². The van der Waals surface area contributed by atoms with E-state index < -0.39 is 49.2 Å². The molecule has 0 saturated carbocycles. The lowest BCUT2D eigenvalue weighted by Gasteiger charge is -2.25. The third-order valence-corrected chi connectivity index (χ3v) is 8.82. The fourth-order valence-corrected chi connectivity index (χ4v) is 6.56. The molecule has 0 radical (unpaired) electrons. The number of aromatic nitrogens is 2. The van der Waals surface area contributed by atoms with Crippen molar-refractivity contribution < 1.29 is 37.3 Å². The van der Waals surface area contributed by atoms with Gasteiger partial charge in [-0.2, -0.15) is 0 Å². The Morgan fingerprint density at radius 2 is 1.68 bits per heavy atom. The van der Waals surface area contributed by atoms with Crippen molar-refractivity contribution in [2.24, 2.45) is 0 Å². The van der Waals surface area contributed by atoms with Crippen LogP contribution in [0.1, 0.15) is 45.9 Å². The highest BCUT2D eigenvalue weighted by atomic mass is 31.2. The molecule has 0 bridgehead atoms. The number of nitrogens with zero attached hydrogens (tertiary/aromatic N) is 2. The highest BCUT2D eigenvalue weighted by Gasteiger charge is 2.56. The van der Waals surface area contributed by atoms with E-state index in [1.54, 1.807) is 59.1 Å². The lowest BCUT2D eigenvalue weighted by Crippen LogP contribution is -2.43. The van der Waals surface area contributed by atoms with E-state index in [0.29, 0.717) is 32.0 Å². The van der Waals surface area contributed by atoms with Crippen molar-refractivity contribution in [2.75, 3.05) is 39.7 Å². The highest BCUT2D eigenvalue weighted by molar-refractivity contribution is 7.53. The Morgan fingerprint density at radius 1 is 1.00 bits per heavy atom.